The molecule has 104 valence electrons. The smallest absolute Gasteiger partial charge is 0.232 e. The molecular weight excluding hydrogens is 234 g/mol. The second-order valence-electron chi connectivity index (χ2n) is 6.78. The van der Waals surface area contributed by atoms with E-state index in [4.69, 9.17) is 0 Å². The standard InChI is InChI=1S/C17H25NO/c1-6-7-11(2)15-13-10-12(17(3,4)5)8-9-14(13)18-16(15)19/h8-11,15H,6-7H2,1-5H3,(H,18,19). The van der Waals surface area contributed by atoms with Gasteiger partial charge in [-0.1, -0.05) is 53.2 Å². The van der Waals surface area contributed by atoms with Gasteiger partial charge in [0.25, 0.3) is 0 Å². The molecule has 0 aliphatic carbocycles. The second-order valence-corrected chi connectivity index (χ2v) is 6.78. The molecular formula is C17H25NO. The molecule has 1 aliphatic rings. The third-order valence-corrected chi connectivity index (χ3v) is 4.11. The summed E-state index contributed by atoms with van der Waals surface area (Å²) >= 11 is 0. The van der Waals surface area contributed by atoms with Crippen molar-refractivity contribution < 1.29 is 4.79 Å². The van der Waals surface area contributed by atoms with Crippen LogP contribution in [0.2, 0.25) is 0 Å². The first-order valence-corrected chi connectivity index (χ1v) is 7.30. The molecule has 1 aromatic rings. The van der Waals surface area contributed by atoms with Gasteiger partial charge in [0.1, 0.15) is 0 Å². The zero-order valence-corrected chi connectivity index (χ0v) is 12.7. The van der Waals surface area contributed by atoms with Gasteiger partial charge in [-0.05, 0) is 34.9 Å². The van der Waals surface area contributed by atoms with E-state index in [1.165, 1.54) is 11.1 Å². The van der Waals surface area contributed by atoms with Crippen molar-refractivity contribution in [2.45, 2.75) is 58.8 Å². The van der Waals surface area contributed by atoms with Gasteiger partial charge in [-0.2, -0.15) is 0 Å². The highest BCUT2D eigenvalue weighted by Crippen LogP contribution is 2.40. The zero-order chi connectivity index (χ0) is 14.2. The molecule has 0 bridgehead atoms. The third-order valence-electron chi connectivity index (χ3n) is 4.11. The number of carbonyl (C=O) groups is 1. The van der Waals surface area contributed by atoms with Crippen molar-refractivity contribution in [3.63, 3.8) is 0 Å². The first-order valence-electron chi connectivity index (χ1n) is 7.30. The number of hydrogen-bond donors (Lipinski definition) is 1. The molecule has 0 fully saturated rings. The highest BCUT2D eigenvalue weighted by atomic mass is 16.2. The quantitative estimate of drug-likeness (QED) is 0.853. The van der Waals surface area contributed by atoms with Crippen molar-refractivity contribution in [1.82, 2.24) is 0 Å². The van der Waals surface area contributed by atoms with E-state index < -0.39 is 0 Å². The van der Waals surface area contributed by atoms with E-state index in [-0.39, 0.29) is 17.2 Å². The summed E-state index contributed by atoms with van der Waals surface area (Å²) in [6.07, 6.45) is 2.22. The van der Waals surface area contributed by atoms with Gasteiger partial charge in [0.05, 0.1) is 5.92 Å². The van der Waals surface area contributed by atoms with Crippen molar-refractivity contribution in [2.24, 2.45) is 5.92 Å². The molecule has 2 heteroatoms. The first kappa shape index (κ1) is 14.1. The zero-order valence-electron chi connectivity index (χ0n) is 12.7. The third kappa shape index (κ3) is 2.68. The summed E-state index contributed by atoms with van der Waals surface area (Å²) in [6, 6.07) is 6.42. The summed E-state index contributed by atoms with van der Waals surface area (Å²) in [5.74, 6) is 0.598. The Bertz CT molecular complexity index is 485. The number of carbonyl (C=O) groups excluding carboxylic acids is 1. The maximum atomic E-state index is 12.2. The van der Waals surface area contributed by atoms with Crippen LogP contribution in [-0.2, 0) is 10.2 Å². The van der Waals surface area contributed by atoms with Crippen molar-refractivity contribution in [1.29, 1.82) is 0 Å². The van der Waals surface area contributed by atoms with E-state index in [1.54, 1.807) is 0 Å². The summed E-state index contributed by atoms with van der Waals surface area (Å²) < 4.78 is 0. The Morgan fingerprint density at radius 2 is 2.00 bits per heavy atom. The molecule has 1 aliphatic heterocycles. The van der Waals surface area contributed by atoms with Gasteiger partial charge in [0.15, 0.2) is 0 Å². The lowest BCUT2D eigenvalue weighted by Gasteiger charge is -2.22. The van der Waals surface area contributed by atoms with E-state index >= 15 is 0 Å². The van der Waals surface area contributed by atoms with Crippen molar-refractivity contribution in [3.05, 3.63) is 29.3 Å². The van der Waals surface area contributed by atoms with Gasteiger partial charge in [0.2, 0.25) is 5.91 Å². The predicted octanol–water partition coefficient (Wildman–Crippen LogP) is 4.46. The van der Waals surface area contributed by atoms with Crippen LogP contribution in [0.25, 0.3) is 0 Å². The molecule has 1 amide bonds. The molecule has 19 heavy (non-hydrogen) atoms. The van der Waals surface area contributed by atoms with E-state index in [9.17, 15) is 4.79 Å². The predicted molar refractivity (Wildman–Crippen MR) is 80.6 cm³/mol. The molecule has 1 heterocycles. The van der Waals surface area contributed by atoms with Gasteiger partial charge in [-0.15, -0.1) is 0 Å². The summed E-state index contributed by atoms with van der Waals surface area (Å²) in [7, 11) is 0. The van der Waals surface area contributed by atoms with E-state index in [0.29, 0.717) is 5.92 Å². The number of hydrogen-bond acceptors (Lipinski definition) is 1. The van der Waals surface area contributed by atoms with Crippen molar-refractivity contribution in [2.75, 3.05) is 5.32 Å². The molecule has 0 radical (unpaired) electrons. The molecule has 0 saturated heterocycles. The molecule has 2 rings (SSSR count). The fourth-order valence-electron chi connectivity index (χ4n) is 2.94. The Balaban J connectivity index is 2.40. The van der Waals surface area contributed by atoms with Gasteiger partial charge in [-0.3, -0.25) is 4.79 Å². The van der Waals surface area contributed by atoms with Gasteiger partial charge < -0.3 is 5.32 Å². The van der Waals surface area contributed by atoms with Crippen LogP contribution in [0.1, 0.15) is 64.5 Å². The van der Waals surface area contributed by atoms with Crippen LogP contribution < -0.4 is 5.32 Å². The Hall–Kier alpha value is -1.31. The van der Waals surface area contributed by atoms with Crippen LogP contribution in [0.15, 0.2) is 18.2 Å². The average Bonchev–Trinajstić information content (AvgIpc) is 2.62. The lowest BCUT2D eigenvalue weighted by Crippen LogP contribution is -2.19. The molecule has 1 aromatic carbocycles. The van der Waals surface area contributed by atoms with Crippen molar-refractivity contribution in [3.8, 4) is 0 Å². The fourth-order valence-corrected chi connectivity index (χ4v) is 2.94. The SMILES string of the molecule is CCCC(C)C1C(=O)Nc2ccc(C(C)(C)C)cc21. The molecule has 0 aromatic heterocycles. The Morgan fingerprint density at radius 3 is 2.58 bits per heavy atom. The lowest BCUT2D eigenvalue weighted by atomic mass is 9.81. The highest BCUT2D eigenvalue weighted by Gasteiger charge is 2.35. The number of rotatable bonds is 3. The summed E-state index contributed by atoms with van der Waals surface area (Å²) in [6.45, 7) is 11.0. The van der Waals surface area contributed by atoms with Crippen LogP contribution in [0, 0.1) is 5.92 Å². The van der Waals surface area contributed by atoms with E-state index in [2.05, 4.69) is 58.1 Å². The number of anilines is 1. The number of benzene rings is 1. The van der Waals surface area contributed by atoms with Crippen molar-refractivity contribution >= 4 is 11.6 Å². The second kappa shape index (κ2) is 4.99. The van der Waals surface area contributed by atoms with Gasteiger partial charge in [0, 0.05) is 5.69 Å². The van der Waals surface area contributed by atoms with Crippen LogP contribution in [0.5, 0.6) is 0 Å². The molecule has 2 atom stereocenters. The lowest BCUT2D eigenvalue weighted by molar-refractivity contribution is -0.118. The van der Waals surface area contributed by atoms with Crippen LogP contribution in [-0.4, -0.2) is 5.91 Å². The average molecular weight is 259 g/mol. The Morgan fingerprint density at radius 1 is 1.32 bits per heavy atom. The summed E-state index contributed by atoms with van der Waals surface area (Å²) in [5, 5.41) is 3.03. The van der Waals surface area contributed by atoms with Crippen LogP contribution in [0.3, 0.4) is 0 Å². The largest absolute Gasteiger partial charge is 0.325 e. The van der Waals surface area contributed by atoms with E-state index in [0.717, 1.165) is 18.5 Å². The Kier molecular flexibility index (Phi) is 3.71. The summed E-state index contributed by atoms with van der Waals surface area (Å²) in [5.41, 5.74) is 3.62. The highest BCUT2D eigenvalue weighted by molar-refractivity contribution is 6.03. The normalized spacial score (nSPS) is 20.1. The number of amides is 1. The molecule has 0 saturated carbocycles. The fraction of sp³-hybridized carbons (Fsp3) is 0.588. The molecule has 2 unspecified atom stereocenters. The Labute approximate surface area is 116 Å². The van der Waals surface area contributed by atoms with E-state index in [1.807, 2.05) is 0 Å². The minimum absolute atomic E-state index is 0.0252. The number of nitrogens with one attached hydrogen (secondary N) is 1. The minimum Gasteiger partial charge on any atom is -0.325 e. The molecule has 2 nitrogen and oxygen atoms in total. The number of fused-ring (bicyclic) bond motifs is 1. The molecule has 0 spiro atoms. The first-order chi connectivity index (χ1) is 8.84. The van der Waals surface area contributed by atoms with Gasteiger partial charge in [-0.25, -0.2) is 0 Å². The maximum absolute atomic E-state index is 12.2. The van der Waals surface area contributed by atoms with Crippen LogP contribution in [0.4, 0.5) is 5.69 Å². The minimum atomic E-state index is 0.0252. The molecule has 1 N–H and O–H groups in total. The van der Waals surface area contributed by atoms with Crippen LogP contribution >= 0.6 is 0 Å². The topological polar surface area (TPSA) is 29.1 Å². The monoisotopic (exact) mass is 259 g/mol. The maximum Gasteiger partial charge on any atom is 0.232 e. The van der Waals surface area contributed by atoms with Gasteiger partial charge >= 0.3 is 0 Å². The summed E-state index contributed by atoms with van der Waals surface area (Å²) in [4.78, 5) is 12.2.